The lowest BCUT2D eigenvalue weighted by Gasteiger charge is -2.30. The molecule has 0 bridgehead atoms. The van der Waals surface area contributed by atoms with E-state index in [1.165, 1.54) is 30.3 Å². The van der Waals surface area contributed by atoms with E-state index >= 15 is 0 Å². The van der Waals surface area contributed by atoms with Gasteiger partial charge in [0, 0.05) is 6.54 Å². The van der Waals surface area contributed by atoms with Gasteiger partial charge in [-0.05, 0) is 42.3 Å². The number of hydrogen-bond donors (Lipinski definition) is 1. The van der Waals surface area contributed by atoms with Crippen LogP contribution in [0.2, 0.25) is 10.0 Å². The highest BCUT2D eigenvalue weighted by atomic mass is 35.5. The summed E-state index contributed by atoms with van der Waals surface area (Å²) < 4.78 is 64.3. The molecule has 0 radical (unpaired) electrons. The average Bonchev–Trinajstić information content (AvgIpc) is 2.65. The van der Waals surface area contributed by atoms with Crippen LogP contribution in [0.1, 0.15) is 24.5 Å². The predicted octanol–water partition coefficient (Wildman–Crippen LogP) is 4.87. The second-order valence-electron chi connectivity index (χ2n) is 6.50. The van der Waals surface area contributed by atoms with Crippen molar-refractivity contribution in [3.8, 4) is 0 Å². The molecule has 164 valence electrons. The fourth-order valence-electron chi connectivity index (χ4n) is 2.85. The molecule has 30 heavy (non-hydrogen) atoms. The van der Waals surface area contributed by atoms with Crippen molar-refractivity contribution in [3.63, 3.8) is 0 Å². The number of carbonyl (C=O) groups excluding carboxylic acids is 1. The van der Waals surface area contributed by atoms with Gasteiger partial charge >= 0.3 is 6.18 Å². The minimum atomic E-state index is -4.51. The number of alkyl halides is 3. The highest BCUT2D eigenvalue weighted by Gasteiger charge is 2.32. The number of sulfonamides is 1. The van der Waals surface area contributed by atoms with Gasteiger partial charge in [-0.15, -0.1) is 0 Å². The topological polar surface area (TPSA) is 66.5 Å². The number of nitrogens with zero attached hydrogens (tertiary/aromatic N) is 1. The van der Waals surface area contributed by atoms with Gasteiger partial charge in [0.25, 0.3) is 0 Å². The van der Waals surface area contributed by atoms with E-state index < -0.39 is 33.7 Å². The summed E-state index contributed by atoms with van der Waals surface area (Å²) in [6, 6.07) is 7.54. The number of hydrogen-bond acceptors (Lipinski definition) is 3. The molecule has 1 atom stereocenters. The van der Waals surface area contributed by atoms with E-state index in [-0.39, 0.29) is 34.3 Å². The fourth-order valence-corrected chi connectivity index (χ4v) is 4.34. The van der Waals surface area contributed by atoms with E-state index in [9.17, 15) is 26.4 Å². The Morgan fingerprint density at radius 2 is 1.80 bits per heavy atom. The molecule has 1 N–H and O–H groups in total. The molecule has 2 aromatic rings. The van der Waals surface area contributed by atoms with Crippen molar-refractivity contribution in [3.05, 3.63) is 63.6 Å². The maximum absolute atomic E-state index is 12.9. The minimum absolute atomic E-state index is 0.113. The molecule has 0 aliphatic heterocycles. The summed E-state index contributed by atoms with van der Waals surface area (Å²) in [5.41, 5.74) is -0.462. The van der Waals surface area contributed by atoms with Crippen molar-refractivity contribution >= 4 is 44.8 Å². The summed E-state index contributed by atoms with van der Waals surface area (Å²) in [6.07, 6.45) is -3.45. The lowest BCUT2D eigenvalue weighted by molar-refractivity contribution is -0.137. The number of benzene rings is 2. The number of nitrogens with one attached hydrogen (secondary N) is 1. The molecule has 0 fully saturated rings. The van der Waals surface area contributed by atoms with Gasteiger partial charge in [0.2, 0.25) is 15.9 Å². The van der Waals surface area contributed by atoms with Crippen molar-refractivity contribution in [2.24, 2.45) is 0 Å². The molecule has 2 aromatic carbocycles. The first-order chi connectivity index (χ1) is 13.8. The zero-order chi connectivity index (χ0) is 22.7. The first-order valence-corrected chi connectivity index (χ1v) is 11.3. The van der Waals surface area contributed by atoms with Crippen LogP contribution in [0, 0.1) is 0 Å². The molecular weight excluding hydrogens is 464 g/mol. The van der Waals surface area contributed by atoms with Crippen molar-refractivity contribution in [1.82, 2.24) is 5.32 Å². The summed E-state index contributed by atoms with van der Waals surface area (Å²) in [5.74, 6) is -0.661. The van der Waals surface area contributed by atoms with Gasteiger partial charge < -0.3 is 5.32 Å². The maximum atomic E-state index is 12.9. The fraction of sp³-hybridized carbons (Fsp3) is 0.316. The monoisotopic (exact) mass is 482 g/mol. The van der Waals surface area contributed by atoms with Crippen LogP contribution in [-0.4, -0.2) is 26.6 Å². The molecule has 11 heteroatoms. The third-order valence-electron chi connectivity index (χ3n) is 4.21. The molecule has 0 saturated carbocycles. The van der Waals surface area contributed by atoms with Gasteiger partial charge in [-0.3, -0.25) is 9.10 Å². The van der Waals surface area contributed by atoms with Crippen LogP contribution >= 0.6 is 23.2 Å². The van der Waals surface area contributed by atoms with Crippen LogP contribution in [0.25, 0.3) is 0 Å². The van der Waals surface area contributed by atoms with Crippen molar-refractivity contribution in [2.75, 3.05) is 10.6 Å². The largest absolute Gasteiger partial charge is 0.416 e. The zero-order valence-electron chi connectivity index (χ0n) is 16.0. The molecular formula is C19H19Cl2F3N2O3S. The Balaban J connectivity index is 2.27. The first-order valence-electron chi connectivity index (χ1n) is 8.73. The van der Waals surface area contributed by atoms with Crippen molar-refractivity contribution < 1.29 is 26.4 Å². The van der Waals surface area contributed by atoms with Crippen LogP contribution in [0.15, 0.2) is 42.5 Å². The van der Waals surface area contributed by atoms with Gasteiger partial charge in [0.15, 0.2) is 0 Å². The van der Waals surface area contributed by atoms with Gasteiger partial charge in [0.05, 0.1) is 27.6 Å². The molecule has 1 amide bonds. The smallest absolute Gasteiger partial charge is 0.350 e. The molecule has 5 nitrogen and oxygen atoms in total. The van der Waals surface area contributed by atoms with Crippen LogP contribution in [0.4, 0.5) is 18.9 Å². The Bertz CT molecular complexity index is 1030. The molecule has 1 unspecified atom stereocenters. The Labute approximate surface area is 182 Å². The van der Waals surface area contributed by atoms with Crippen molar-refractivity contribution in [1.29, 1.82) is 0 Å². The Hall–Kier alpha value is -1.97. The SMILES string of the molecule is CCC(C(=O)NCc1cccc(C(F)(F)F)c1)N(c1ccc(Cl)c(Cl)c1)S(C)(=O)=O. The Kier molecular flexibility index (Phi) is 7.65. The summed E-state index contributed by atoms with van der Waals surface area (Å²) in [6.45, 7) is 1.42. The maximum Gasteiger partial charge on any atom is 0.416 e. The van der Waals surface area contributed by atoms with Gasteiger partial charge in [-0.25, -0.2) is 8.42 Å². The molecule has 0 aliphatic rings. The third-order valence-corrected chi connectivity index (χ3v) is 6.13. The zero-order valence-corrected chi connectivity index (χ0v) is 18.3. The molecule has 2 rings (SSSR count). The van der Waals surface area contributed by atoms with Gasteiger partial charge in [-0.2, -0.15) is 13.2 Å². The van der Waals surface area contributed by atoms with Crippen LogP contribution in [0.5, 0.6) is 0 Å². The second-order valence-corrected chi connectivity index (χ2v) is 9.17. The average molecular weight is 483 g/mol. The predicted molar refractivity (Wildman–Crippen MR) is 111 cm³/mol. The lowest BCUT2D eigenvalue weighted by atomic mass is 10.1. The van der Waals surface area contributed by atoms with E-state index in [1.807, 2.05) is 0 Å². The normalized spacial score (nSPS) is 13.0. The standard InChI is InChI=1S/C19H19Cl2F3N2O3S/c1-3-17(26(30(2,28)29)14-7-8-15(20)16(21)10-14)18(27)25-11-12-5-4-6-13(9-12)19(22,23)24/h4-10,17H,3,11H2,1-2H3,(H,25,27). The molecule has 0 aromatic heterocycles. The Morgan fingerprint density at radius 3 is 2.33 bits per heavy atom. The van der Waals surface area contributed by atoms with E-state index in [2.05, 4.69) is 5.32 Å². The summed E-state index contributed by atoms with van der Waals surface area (Å²) in [5, 5.41) is 2.84. The highest BCUT2D eigenvalue weighted by molar-refractivity contribution is 7.92. The molecule has 0 aliphatic carbocycles. The van der Waals surface area contributed by atoms with E-state index in [1.54, 1.807) is 6.92 Å². The van der Waals surface area contributed by atoms with Crippen LogP contribution < -0.4 is 9.62 Å². The molecule has 0 heterocycles. The quantitative estimate of drug-likeness (QED) is 0.611. The van der Waals surface area contributed by atoms with Crippen molar-refractivity contribution in [2.45, 2.75) is 32.1 Å². The van der Waals surface area contributed by atoms with Crippen LogP contribution in [-0.2, 0) is 27.5 Å². The van der Waals surface area contributed by atoms with Gasteiger partial charge in [0.1, 0.15) is 6.04 Å². The minimum Gasteiger partial charge on any atom is -0.350 e. The summed E-state index contributed by atoms with van der Waals surface area (Å²) in [4.78, 5) is 12.7. The number of amides is 1. The lowest BCUT2D eigenvalue weighted by Crippen LogP contribution is -2.49. The summed E-state index contributed by atoms with van der Waals surface area (Å²) in [7, 11) is -3.89. The van der Waals surface area contributed by atoms with Gasteiger partial charge in [-0.1, -0.05) is 42.3 Å². The second kappa shape index (κ2) is 9.45. The van der Waals surface area contributed by atoms with Crippen LogP contribution in [0.3, 0.4) is 0 Å². The number of anilines is 1. The van der Waals surface area contributed by atoms with E-state index in [4.69, 9.17) is 23.2 Å². The number of rotatable bonds is 7. The molecule has 0 spiro atoms. The molecule has 0 saturated heterocycles. The van der Waals surface area contributed by atoms with E-state index in [0.29, 0.717) is 0 Å². The summed E-state index contributed by atoms with van der Waals surface area (Å²) >= 11 is 11.9. The Morgan fingerprint density at radius 1 is 1.13 bits per heavy atom. The number of halogens is 5. The first kappa shape index (κ1) is 24.3. The third kappa shape index (κ3) is 6.02. The highest BCUT2D eigenvalue weighted by Crippen LogP contribution is 2.31. The number of carbonyl (C=O) groups is 1. The van der Waals surface area contributed by atoms with E-state index in [0.717, 1.165) is 22.7 Å².